The lowest BCUT2D eigenvalue weighted by atomic mass is 10.2. The van der Waals surface area contributed by atoms with Gasteiger partial charge in [0.2, 0.25) is 5.88 Å². The molecule has 0 saturated heterocycles. The van der Waals surface area contributed by atoms with E-state index in [1.807, 2.05) is 0 Å². The van der Waals surface area contributed by atoms with Crippen LogP contribution in [0.5, 0.6) is 5.88 Å². The molecule has 2 rings (SSSR count). The summed E-state index contributed by atoms with van der Waals surface area (Å²) < 4.78 is 5.68. The predicted octanol–water partition coefficient (Wildman–Crippen LogP) is 2.51. The fraction of sp³-hybridized carbons (Fsp3) is 0.357. The van der Waals surface area contributed by atoms with Crippen LogP contribution in [0.3, 0.4) is 0 Å². The first-order valence-corrected chi connectivity index (χ1v) is 6.40. The number of amides is 1. The highest BCUT2D eigenvalue weighted by Gasteiger charge is 2.14. The molecule has 0 unspecified atom stereocenters. The molecule has 0 aromatic carbocycles. The quantitative estimate of drug-likeness (QED) is 0.821. The molecule has 0 aliphatic carbocycles. The summed E-state index contributed by atoms with van der Waals surface area (Å²) in [6.07, 6.45) is 3.10. The Morgan fingerprint density at radius 3 is 2.90 bits per heavy atom. The van der Waals surface area contributed by atoms with E-state index in [4.69, 9.17) is 4.74 Å². The molecule has 0 bridgehead atoms. The van der Waals surface area contributed by atoms with E-state index in [1.54, 1.807) is 13.1 Å². The third-order valence-electron chi connectivity index (χ3n) is 2.62. The van der Waals surface area contributed by atoms with E-state index in [1.165, 1.54) is 6.33 Å². The van der Waals surface area contributed by atoms with Crippen molar-refractivity contribution in [1.29, 1.82) is 0 Å². The van der Waals surface area contributed by atoms with E-state index in [0.29, 0.717) is 40.7 Å². The zero-order valence-corrected chi connectivity index (χ0v) is 11.9. The highest BCUT2D eigenvalue weighted by molar-refractivity contribution is 6.08. The van der Waals surface area contributed by atoms with Gasteiger partial charge in [0.05, 0.1) is 12.3 Å². The molecule has 2 N–H and O–H groups in total. The maximum Gasteiger partial charge on any atom is 0.250 e. The largest absolute Gasteiger partial charge is 0.477 e. The van der Waals surface area contributed by atoms with Crippen LogP contribution in [0.2, 0.25) is 0 Å². The number of rotatable bonds is 5. The lowest BCUT2D eigenvalue weighted by molar-refractivity contribution is -0.112. The Labute approximate surface area is 117 Å². The van der Waals surface area contributed by atoms with Crippen molar-refractivity contribution in [3.05, 3.63) is 24.7 Å². The van der Waals surface area contributed by atoms with Gasteiger partial charge in [-0.2, -0.15) is 0 Å². The average Bonchev–Trinajstić information content (AvgIpc) is 2.80. The van der Waals surface area contributed by atoms with Gasteiger partial charge in [0.25, 0.3) is 5.91 Å². The van der Waals surface area contributed by atoms with Gasteiger partial charge < -0.3 is 15.0 Å². The van der Waals surface area contributed by atoms with Crippen molar-refractivity contribution >= 4 is 22.6 Å². The van der Waals surface area contributed by atoms with Gasteiger partial charge in [0.15, 0.2) is 0 Å². The molecule has 0 aliphatic heterocycles. The zero-order chi connectivity index (χ0) is 14.7. The minimum Gasteiger partial charge on any atom is -0.477 e. The van der Waals surface area contributed by atoms with Crippen LogP contribution < -0.4 is 10.1 Å². The molecule has 0 saturated carbocycles. The zero-order valence-electron chi connectivity index (χ0n) is 11.9. The minimum atomic E-state index is -0.246. The van der Waals surface area contributed by atoms with E-state index < -0.39 is 0 Å². The molecule has 0 fully saturated rings. The molecule has 0 aliphatic rings. The monoisotopic (exact) mass is 274 g/mol. The first-order chi connectivity index (χ1) is 9.49. The molecule has 2 aromatic heterocycles. The van der Waals surface area contributed by atoms with Gasteiger partial charge in [-0.25, -0.2) is 9.97 Å². The lowest BCUT2D eigenvalue weighted by Crippen LogP contribution is -2.12. The third-order valence-corrected chi connectivity index (χ3v) is 2.62. The SMILES string of the molecule is C=C(C)C(=O)Nc1c[nH]c2ncnc(OCC(C)C)c12. The number of carbonyl (C=O) groups excluding carboxylic acids is 1. The van der Waals surface area contributed by atoms with Crippen LogP contribution in [0, 0.1) is 5.92 Å². The van der Waals surface area contributed by atoms with Gasteiger partial charge >= 0.3 is 0 Å². The molecule has 0 spiro atoms. The van der Waals surface area contributed by atoms with Crippen LogP contribution in [-0.2, 0) is 4.79 Å². The van der Waals surface area contributed by atoms with Gasteiger partial charge in [-0.05, 0) is 12.8 Å². The van der Waals surface area contributed by atoms with Crippen LogP contribution >= 0.6 is 0 Å². The summed E-state index contributed by atoms with van der Waals surface area (Å²) in [5.41, 5.74) is 1.64. The summed E-state index contributed by atoms with van der Waals surface area (Å²) in [4.78, 5) is 23.0. The summed E-state index contributed by atoms with van der Waals surface area (Å²) in [5, 5.41) is 3.43. The molecule has 0 atom stereocenters. The van der Waals surface area contributed by atoms with E-state index in [2.05, 4.69) is 40.7 Å². The van der Waals surface area contributed by atoms with Gasteiger partial charge in [0, 0.05) is 11.8 Å². The fourth-order valence-electron chi connectivity index (χ4n) is 1.62. The number of ether oxygens (including phenoxy) is 1. The number of anilines is 1. The molecule has 2 heterocycles. The first-order valence-electron chi connectivity index (χ1n) is 6.40. The van der Waals surface area contributed by atoms with Gasteiger partial charge in [0.1, 0.15) is 17.4 Å². The molecule has 20 heavy (non-hydrogen) atoms. The summed E-state index contributed by atoms with van der Waals surface area (Å²) in [5.74, 6) is 0.596. The van der Waals surface area contributed by atoms with Crippen molar-refractivity contribution < 1.29 is 9.53 Å². The normalized spacial score (nSPS) is 10.8. The molecule has 6 heteroatoms. The van der Waals surface area contributed by atoms with Crippen LogP contribution in [0.1, 0.15) is 20.8 Å². The molecule has 1 amide bonds. The molecule has 106 valence electrons. The number of hydrogen-bond donors (Lipinski definition) is 2. The number of aromatic amines is 1. The average molecular weight is 274 g/mol. The highest BCUT2D eigenvalue weighted by Crippen LogP contribution is 2.29. The van der Waals surface area contributed by atoms with Crippen molar-refractivity contribution in [3.63, 3.8) is 0 Å². The minimum absolute atomic E-state index is 0.246. The number of fused-ring (bicyclic) bond motifs is 1. The van der Waals surface area contributed by atoms with E-state index >= 15 is 0 Å². The van der Waals surface area contributed by atoms with Crippen molar-refractivity contribution in [2.24, 2.45) is 5.92 Å². The van der Waals surface area contributed by atoms with Gasteiger partial charge in [-0.3, -0.25) is 4.79 Å². The van der Waals surface area contributed by atoms with E-state index in [0.717, 1.165) is 0 Å². The summed E-state index contributed by atoms with van der Waals surface area (Å²) >= 11 is 0. The Morgan fingerprint density at radius 2 is 2.25 bits per heavy atom. The number of nitrogens with one attached hydrogen (secondary N) is 2. The van der Waals surface area contributed by atoms with Crippen LogP contribution in [0.25, 0.3) is 11.0 Å². The number of aromatic nitrogens is 3. The predicted molar refractivity (Wildman–Crippen MR) is 77.7 cm³/mol. The second kappa shape index (κ2) is 5.73. The van der Waals surface area contributed by atoms with Crippen molar-refractivity contribution in [3.8, 4) is 5.88 Å². The Kier molecular flexibility index (Phi) is 4.02. The van der Waals surface area contributed by atoms with Gasteiger partial charge in [-0.15, -0.1) is 0 Å². The fourth-order valence-corrected chi connectivity index (χ4v) is 1.62. The lowest BCUT2D eigenvalue weighted by Gasteiger charge is -2.09. The van der Waals surface area contributed by atoms with Crippen molar-refractivity contribution in [2.75, 3.05) is 11.9 Å². The summed E-state index contributed by atoms with van der Waals surface area (Å²) in [7, 11) is 0. The smallest absolute Gasteiger partial charge is 0.250 e. The van der Waals surface area contributed by atoms with E-state index in [9.17, 15) is 4.79 Å². The van der Waals surface area contributed by atoms with E-state index in [-0.39, 0.29) is 5.91 Å². The number of carbonyl (C=O) groups is 1. The number of H-pyrrole nitrogens is 1. The Hall–Kier alpha value is -2.37. The topological polar surface area (TPSA) is 79.9 Å². The third kappa shape index (κ3) is 2.96. The second-order valence-electron chi connectivity index (χ2n) is 5.04. The Morgan fingerprint density at radius 1 is 1.50 bits per heavy atom. The highest BCUT2D eigenvalue weighted by atomic mass is 16.5. The molecule has 0 radical (unpaired) electrons. The molecule has 2 aromatic rings. The number of hydrogen-bond acceptors (Lipinski definition) is 4. The van der Waals surface area contributed by atoms with Crippen molar-refractivity contribution in [1.82, 2.24) is 15.0 Å². The van der Waals surface area contributed by atoms with Crippen LogP contribution in [0.15, 0.2) is 24.7 Å². The maximum atomic E-state index is 11.7. The van der Waals surface area contributed by atoms with Gasteiger partial charge in [-0.1, -0.05) is 20.4 Å². The number of nitrogens with zero attached hydrogens (tertiary/aromatic N) is 2. The standard InChI is InChI=1S/C14H18N4O2/c1-8(2)6-20-14-11-10(18-13(19)9(3)4)5-15-12(11)16-7-17-14/h5,7-8H,3,6H2,1-2,4H3,(H,18,19)(H,15,16,17). The molecular weight excluding hydrogens is 256 g/mol. The second-order valence-corrected chi connectivity index (χ2v) is 5.04. The Bertz CT molecular complexity index is 646. The first kappa shape index (κ1) is 14.0. The van der Waals surface area contributed by atoms with Crippen LogP contribution in [0.4, 0.5) is 5.69 Å². The molecule has 6 nitrogen and oxygen atoms in total. The maximum absolute atomic E-state index is 11.7. The van der Waals surface area contributed by atoms with Crippen LogP contribution in [-0.4, -0.2) is 27.5 Å². The van der Waals surface area contributed by atoms with Crippen molar-refractivity contribution in [2.45, 2.75) is 20.8 Å². The summed E-state index contributed by atoms with van der Waals surface area (Å²) in [6.45, 7) is 9.92. The molecular formula is C14H18N4O2. The summed E-state index contributed by atoms with van der Waals surface area (Å²) in [6, 6.07) is 0. The Balaban J connectivity index is 2.36.